The van der Waals surface area contributed by atoms with Gasteiger partial charge in [0.1, 0.15) is 5.78 Å². The second-order valence-corrected chi connectivity index (χ2v) is 5.19. The summed E-state index contributed by atoms with van der Waals surface area (Å²) in [6.45, 7) is 10.0. The molecule has 1 heterocycles. The van der Waals surface area contributed by atoms with Gasteiger partial charge in [-0.05, 0) is 38.3 Å². The highest BCUT2D eigenvalue weighted by atomic mass is 16.1. The monoisotopic (exact) mass is 211 g/mol. The molecule has 1 aliphatic heterocycles. The molecule has 2 heteroatoms. The lowest BCUT2D eigenvalue weighted by molar-refractivity contribution is -0.124. The third kappa shape index (κ3) is 4.33. The third-order valence-electron chi connectivity index (χ3n) is 3.16. The van der Waals surface area contributed by atoms with Crippen molar-refractivity contribution in [3.8, 4) is 0 Å². The molecule has 0 spiro atoms. The molecule has 1 fully saturated rings. The number of nitrogens with zero attached hydrogens (tertiary/aromatic N) is 1. The lowest BCUT2D eigenvalue weighted by atomic mass is 9.90. The van der Waals surface area contributed by atoms with Gasteiger partial charge in [-0.1, -0.05) is 20.8 Å². The van der Waals surface area contributed by atoms with Crippen LogP contribution < -0.4 is 0 Å². The summed E-state index contributed by atoms with van der Waals surface area (Å²) in [5.74, 6) is 1.61. The van der Waals surface area contributed by atoms with E-state index in [-0.39, 0.29) is 0 Å². The van der Waals surface area contributed by atoms with Gasteiger partial charge in [0.15, 0.2) is 0 Å². The van der Waals surface area contributed by atoms with E-state index in [0.717, 1.165) is 44.7 Å². The maximum absolute atomic E-state index is 11.7. The summed E-state index contributed by atoms with van der Waals surface area (Å²) >= 11 is 0. The average Bonchev–Trinajstić information content (AvgIpc) is 2.18. The quantitative estimate of drug-likeness (QED) is 0.697. The molecule has 1 saturated heterocycles. The number of likely N-dealkylation sites (tertiary alicyclic amines) is 1. The molecule has 0 aromatic rings. The number of carbonyl (C=O) groups excluding carboxylic acids is 1. The Morgan fingerprint density at radius 1 is 1.33 bits per heavy atom. The average molecular weight is 211 g/mol. The first kappa shape index (κ1) is 12.7. The minimum atomic E-state index is 0.369. The van der Waals surface area contributed by atoms with Gasteiger partial charge >= 0.3 is 0 Å². The van der Waals surface area contributed by atoms with E-state index in [1.54, 1.807) is 0 Å². The molecular formula is C13H25NO. The smallest absolute Gasteiger partial charge is 0.136 e. The first-order chi connectivity index (χ1) is 7.13. The Labute approximate surface area is 94.0 Å². The van der Waals surface area contributed by atoms with Crippen LogP contribution in [0, 0.1) is 11.8 Å². The van der Waals surface area contributed by atoms with Crippen LogP contribution in [0.1, 0.15) is 46.5 Å². The molecule has 0 bridgehead atoms. The van der Waals surface area contributed by atoms with Gasteiger partial charge in [0.25, 0.3) is 0 Å². The molecule has 0 aromatic carbocycles. The fourth-order valence-electron chi connectivity index (χ4n) is 2.40. The van der Waals surface area contributed by atoms with Crippen molar-refractivity contribution < 1.29 is 4.79 Å². The van der Waals surface area contributed by atoms with Gasteiger partial charge in [-0.3, -0.25) is 4.79 Å². The van der Waals surface area contributed by atoms with Crippen molar-refractivity contribution in [3.05, 3.63) is 0 Å². The minimum absolute atomic E-state index is 0.369. The summed E-state index contributed by atoms with van der Waals surface area (Å²) in [6.07, 6.45) is 3.97. The van der Waals surface area contributed by atoms with Crippen molar-refractivity contribution in [2.45, 2.75) is 46.5 Å². The Morgan fingerprint density at radius 3 is 2.40 bits per heavy atom. The number of piperidine rings is 1. The Hall–Kier alpha value is -0.370. The molecule has 0 aliphatic carbocycles. The first-order valence-electron chi connectivity index (χ1n) is 6.38. The highest BCUT2D eigenvalue weighted by molar-refractivity contribution is 5.81. The molecule has 2 nitrogen and oxygen atoms in total. The molecule has 88 valence electrons. The summed E-state index contributed by atoms with van der Waals surface area (Å²) in [5.41, 5.74) is 0. The van der Waals surface area contributed by atoms with Crippen molar-refractivity contribution in [1.82, 2.24) is 4.90 Å². The Kier molecular flexibility index (Phi) is 5.30. The van der Waals surface area contributed by atoms with Crippen LogP contribution in [0.3, 0.4) is 0 Å². The molecule has 0 atom stereocenters. The van der Waals surface area contributed by atoms with Crippen LogP contribution >= 0.6 is 0 Å². The number of rotatable bonds is 5. The molecule has 0 saturated carbocycles. The van der Waals surface area contributed by atoms with E-state index in [1.165, 1.54) is 6.54 Å². The summed E-state index contributed by atoms with van der Waals surface area (Å²) in [5, 5.41) is 0. The van der Waals surface area contributed by atoms with Crippen molar-refractivity contribution in [3.63, 3.8) is 0 Å². The molecule has 1 rings (SSSR count). The number of ketones is 1. The Morgan fingerprint density at radius 2 is 1.93 bits per heavy atom. The fraction of sp³-hybridized carbons (Fsp3) is 0.923. The lowest BCUT2D eigenvalue weighted by Crippen LogP contribution is -2.38. The second kappa shape index (κ2) is 6.26. The number of hydrogen-bond donors (Lipinski definition) is 0. The van der Waals surface area contributed by atoms with E-state index in [1.807, 2.05) is 0 Å². The van der Waals surface area contributed by atoms with Crippen LogP contribution in [0.2, 0.25) is 0 Å². The van der Waals surface area contributed by atoms with Crippen molar-refractivity contribution in [1.29, 1.82) is 0 Å². The third-order valence-corrected chi connectivity index (χ3v) is 3.16. The predicted octanol–water partition coefficient (Wildman–Crippen LogP) is 2.72. The fourth-order valence-corrected chi connectivity index (χ4v) is 2.40. The van der Waals surface area contributed by atoms with Crippen LogP contribution in [-0.4, -0.2) is 30.3 Å². The molecule has 0 N–H and O–H groups in total. The van der Waals surface area contributed by atoms with Gasteiger partial charge < -0.3 is 4.90 Å². The van der Waals surface area contributed by atoms with Gasteiger partial charge in [-0.2, -0.15) is 0 Å². The van der Waals surface area contributed by atoms with E-state index in [9.17, 15) is 4.79 Å². The van der Waals surface area contributed by atoms with Gasteiger partial charge in [0.2, 0.25) is 0 Å². The standard InChI is InChI=1S/C13H25NO/c1-4-5-13(15)12-6-8-14(9-7-12)10-11(2)3/h11-12H,4-10H2,1-3H3. The zero-order chi connectivity index (χ0) is 11.3. The largest absolute Gasteiger partial charge is 0.303 e. The van der Waals surface area contributed by atoms with E-state index < -0.39 is 0 Å². The van der Waals surface area contributed by atoms with Gasteiger partial charge in [0, 0.05) is 18.9 Å². The molecule has 0 aromatic heterocycles. The maximum atomic E-state index is 11.7. The Balaban J connectivity index is 2.26. The van der Waals surface area contributed by atoms with Crippen LogP contribution in [-0.2, 0) is 4.79 Å². The molecule has 0 unspecified atom stereocenters. The topological polar surface area (TPSA) is 20.3 Å². The maximum Gasteiger partial charge on any atom is 0.136 e. The summed E-state index contributed by atoms with van der Waals surface area (Å²) in [7, 11) is 0. The normalized spacial score (nSPS) is 19.7. The van der Waals surface area contributed by atoms with Crippen LogP contribution in [0.4, 0.5) is 0 Å². The van der Waals surface area contributed by atoms with E-state index in [4.69, 9.17) is 0 Å². The zero-order valence-electron chi connectivity index (χ0n) is 10.5. The zero-order valence-corrected chi connectivity index (χ0v) is 10.5. The summed E-state index contributed by atoms with van der Waals surface area (Å²) < 4.78 is 0. The van der Waals surface area contributed by atoms with E-state index in [0.29, 0.717) is 11.7 Å². The SMILES string of the molecule is CCCC(=O)C1CCN(CC(C)C)CC1. The second-order valence-electron chi connectivity index (χ2n) is 5.19. The molecule has 1 aliphatic rings. The number of hydrogen-bond acceptors (Lipinski definition) is 2. The van der Waals surface area contributed by atoms with Crippen molar-refractivity contribution in [2.24, 2.45) is 11.8 Å². The number of carbonyl (C=O) groups is 1. The minimum Gasteiger partial charge on any atom is -0.303 e. The van der Waals surface area contributed by atoms with Gasteiger partial charge in [0.05, 0.1) is 0 Å². The van der Waals surface area contributed by atoms with E-state index >= 15 is 0 Å². The van der Waals surface area contributed by atoms with Crippen molar-refractivity contribution >= 4 is 5.78 Å². The van der Waals surface area contributed by atoms with Crippen LogP contribution in [0.25, 0.3) is 0 Å². The highest BCUT2D eigenvalue weighted by Crippen LogP contribution is 2.20. The molecular weight excluding hydrogens is 186 g/mol. The molecule has 0 radical (unpaired) electrons. The number of Topliss-reactive ketones (excluding diaryl/α,β-unsaturated/α-hetero) is 1. The summed E-state index contributed by atoms with van der Waals surface area (Å²) in [4.78, 5) is 14.2. The van der Waals surface area contributed by atoms with Crippen molar-refractivity contribution in [2.75, 3.05) is 19.6 Å². The van der Waals surface area contributed by atoms with Crippen LogP contribution in [0.15, 0.2) is 0 Å². The lowest BCUT2D eigenvalue weighted by Gasteiger charge is -2.32. The first-order valence-corrected chi connectivity index (χ1v) is 6.38. The van der Waals surface area contributed by atoms with Gasteiger partial charge in [-0.15, -0.1) is 0 Å². The molecule has 0 amide bonds. The highest BCUT2D eigenvalue weighted by Gasteiger charge is 2.24. The molecule has 15 heavy (non-hydrogen) atoms. The van der Waals surface area contributed by atoms with Gasteiger partial charge in [-0.25, -0.2) is 0 Å². The summed E-state index contributed by atoms with van der Waals surface area (Å²) in [6, 6.07) is 0. The predicted molar refractivity (Wildman–Crippen MR) is 63.9 cm³/mol. The van der Waals surface area contributed by atoms with E-state index in [2.05, 4.69) is 25.7 Å². The van der Waals surface area contributed by atoms with Crippen LogP contribution in [0.5, 0.6) is 0 Å². The Bertz CT molecular complexity index is 193.